The van der Waals surface area contributed by atoms with Gasteiger partial charge in [-0.1, -0.05) is 0 Å². The summed E-state index contributed by atoms with van der Waals surface area (Å²) in [5, 5.41) is 0. The molecule has 0 aromatic heterocycles. The molecule has 0 aliphatic carbocycles. The molecule has 2 aliphatic heterocycles. The first-order valence-electron chi connectivity index (χ1n) is 5.46. The van der Waals surface area contributed by atoms with Gasteiger partial charge in [-0.05, 0) is 30.2 Å². The van der Waals surface area contributed by atoms with E-state index in [0.29, 0.717) is 26.4 Å². The molecular formula is C12H15NO3. The van der Waals surface area contributed by atoms with Gasteiger partial charge in [-0.2, -0.15) is 0 Å². The van der Waals surface area contributed by atoms with Crippen molar-refractivity contribution >= 4 is 0 Å². The fraction of sp³-hybridized carbons (Fsp3) is 0.500. The number of rotatable bonds is 1. The van der Waals surface area contributed by atoms with Crippen LogP contribution in [0.3, 0.4) is 0 Å². The third-order valence-corrected chi connectivity index (χ3v) is 3.14. The van der Waals surface area contributed by atoms with Crippen molar-refractivity contribution < 1.29 is 14.2 Å². The number of hydrogen-bond donors (Lipinski definition) is 1. The number of benzene rings is 1. The Balaban J connectivity index is 2.05. The van der Waals surface area contributed by atoms with E-state index in [9.17, 15) is 0 Å². The average Bonchev–Trinajstić information content (AvgIpc) is 2.25. The van der Waals surface area contributed by atoms with Crippen LogP contribution in [0, 0.1) is 6.92 Å². The maximum absolute atomic E-state index is 6.24. The van der Waals surface area contributed by atoms with Gasteiger partial charge in [0.1, 0.15) is 13.2 Å². The molecule has 16 heavy (non-hydrogen) atoms. The molecule has 0 unspecified atom stereocenters. The van der Waals surface area contributed by atoms with E-state index in [1.54, 1.807) is 0 Å². The number of ether oxygens (including phenoxy) is 3. The largest absolute Gasteiger partial charge is 0.486 e. The molecule has 86 valence electrons. The molecule has 1 aromatic rings. The molecular weight excluding hydrogens is 206 g/mol. The average molecular weight is 221 g/mol. The second-order valence-electron chi connectivity index (χ2n) is 4.46. The van der Waals surface area contributed by atoms with Gasteiger partial charge in [0.05, 0.1) is 18.8 Å². The van der Waals surface area contributed by atoms with Gasteiger partial charge < -0.3 is 19.9 Å². The lowest BCUT2D eigenvalue weighted by Crippen LogP contribution is -2.54. The summed E-state index contributed by atoms with van der Waals surface area (Å²) in [5.41, 5.74) is 8.12. The van der Waals surface area contributed by atoms with Gasteiger partial charge in [-0.25, -0.2) is 0 Å². The van der Waals surface area contributed by atoms with Crippen molar-refractivity contribution in [3.8, 4) is 11.5 Å². The van der Waals surface area contributed by atoms with E-state index < -0.39 is 0 Å². The van der Waals surface area contributed by atoms with Crippen LogP contribution in [0.25, 0.3) is 0 Å². The third kappa shape index (κ3) is 1.37. The van der Waals surface area contributed by atoms with Crippen LogP contribution in [-0.2, 0) is 10.3 Å². The first-order valence-corrected chi connectivity index (χ1v) is 5.46. The Labute approximate surface area is 94.3 Å². The Morgan fingerprint density at radius 2 is 1.75 bits per heavy atom. The lowest BCUT2D eigenvalue weighted by molar-refractivity contribution is -0.0573. The molecule has 0 radical (unpaired) electrons. The fourth-order valence-corrected chi connectivity index (χ4v) is 2.20. The molecule has 1 saturated heterocycles. The predicted octanol–water partition coefficient (Wildman–Crippen LogP) is 0.950. The van der Waals surface area contributed by atoms with Gasteiger partial charge in [0.15, 0.2) is 11.5 Å². The minimum atomic E-state index is -0.347. The molecule has 0 spiro atoms. The van der Waals surface area contributed by atoms with Crippen molar-refractivity contribution in [1.82, 2.24) is 0 Å². The van der Waals surface area contributed by atoms with Crippen molar-refractivity contribution in [2.75, 3.05) is 26.4 Å². The van der Waals surface area contributed by atoms with Crippen LogP contribution in [0.5, 0.6) is 11.5 Å². The topological polar surface area (TPSA) is 53.7 Å². The standard InChI is InChI=1S/C12H15NO3/c1-8-4-10-11(16-3-2-15-10)5-9(8)12(13)6-14-7-12/h4-5H,2-3,6-7,13H2,1H3. The van der Waals surface area contributed by atoms with Crippen LogP contribution in [-0.4, -0.2) is 26.4 Å². The Hall–Kier alpha value is -1.26. The zero-order valence-electron chi connectivity index (χ0n) is 9.29. The fourth-order valence-electron chi connectivity index (χ4n) is 2.20. The SMILES string of the molecule is Cc1cc2c(cc1C1(N)COC1)OCCO2. The first-order chi connectivity index (χ1) is 7.69. The summed E-state index contributed by atoms with van der Waals surface area (Å²) in [6.07, 6.45) is 0. The second kappa shape index (κ2) is 3.37. The summed E-state index contributed by atoms with van der Waals surface area (Å²) in [6.45, 7) is 4.41. The van der Waals surface area contributed by atoms with E-state index in [1.165, 1.54) is 0 Å². The molecule has 1 aromatic carbocycles. The van der Waals surface area contributed by atoms with Gasteiger partial charge in [0.2, 0.25) is 0 Å². The maximum atomic E-state index is 6.24. The summed E-state index contributed by atoms with van der Waals surface area (Å²) < 4.78 is 16.3. The highest BCUT2D eigenvalue weighted by molar-refractivity contribution is 5.50. The third-order valence-electron chi connectivity index (χ3n) is 3.14. The van der Waals surface area contributed by atoms with Crippen LogP contribution in [0.4, 0.5) is 0 Å². The summed E-state index contributed by atoms with van der Waals surface area (Å²) in [6, 6.07) is 3.99. The normalized spacial score (nSPS) is 21.4. The molecule has 2 N–H and O–H groups in total. The van der Waals surface area contributed by atoms with Crippen LogP contribution in [0.15, 0.2) is 12.1 Å². The van der Waals surface area contributed by atoms with E-state index in [0.717, 1.165) is 22.6 Å². The molecule has 0 bridgehead atoms. The van der Waals surface area contributed by atoms with E-state index in [4.69, 9.17) is 19.9 Å². The summed E-state index contributed by atoms with van der Waals surface area (Å²) in [5.74, 6) is 1.61. The van der Waals surface area contributed by atoms with Gasteiger partial charge >= 0.3 is 0 Å². The van der Waals surface area contributed by atoms with E-state index in [1.807, 2.05) is 19.1 Å². The first kappa shape index (κ1) is 9.93. The molecule has 1 fully saturated rings. The lowest BCUT2D eigenvalue weighted by atomic mass is 9.86. The van der Waals surface area contributed by atoms with Crippen LogP contribution in [0.1, 0.15) is 11.1 Å². The molecule has 4 heteroatoms. The quantitative estimate of drug-likeness (QED) is 0.767. The van der Waals surface area contributed by atoms with E-state index >= 15 is 0 Å². The van der Waals surface area contributed by atoms with Crippen LogP contribution >= 0.6 is 0 Å². The monoisotopic (exact) mass is 221 g/mol. The van der Waals surface area contributed by atoms with Crippen molar-refractivity contribution in [3.05, 3.63) is 23.3 Å². The van der Waals surface area contributed by atoms with Gasteiger partial charge in [0, 0.05) is 0 Å². The zero-order valence-corrected chi connectivity index (χ0v) is 9.29. The highest BCUT2D eigenvalue weighted by atomic mass is 16.6. The minimum absolute atomic E-state index is 0.347. The van der Waals surface area contributed by atoms with E-state index in [-0.39, 0.29) is 5.54 Å². The summed E-state index contributed by atoms with van der Waals surface area (Å²) in [4.78, 5) is 0. The lowest BCUT2D eigenvalue weighted by Gasteiger charge is -2.39. The van der Waals surface area contributed by atoms with Crippen molar-refractivity contribution in [3.63, 3.8) is 0 Å². The number of fused-ring (bicyclic) bond motifs is 1. The number of aryl methyl sites for hydroxylation is 1. The maximum Gasteiger partial charge on any atom is 0.161 e. The van der Waals surface area contributed by atoms with E-state index in [2.05, 4.69) is 0 Å². The molecule has 0 saturated carbocycles. The Bertz CT molecular complexity index is 427. The molecule has 2 aliphatic rings. The van der Waals surface area contributed by atoms with Gasteiger partial charge in [-0.3, -0.25) is 0 Å². The molecule has 2 heterocycles. The van der Waals surface area contributed by atoms with Gasteiger partial charge in [0.25, 0.3) is 0 Å². The number of hydrogen-bond acceptors (Lipinski definition) is 4. The van der Waals surface area contributed by atoms with Crippen molar-refractivity contribution in [2.45, 2.75) is 12.5 Å². The van der Waals surface area contributed by atoms with Crippen molar-refractivity contribution in [2.24, 2.45) is 5.73 Å². The van der Waals surface area contributed by atoms with Crippen molar-refractivity contribution in [1.29, 1.82) is 0 Å². The molecule has 3 rings (SSSR count). The zero-order chi connectivity index (χ0) is 11.2. The smallest absolute Gasteiger partial charge is 0.161 e. The molecule has 4 nitrogen and oxygen atoms in total. The highest BCUT2D eigenvalue weighted by Gasteiger charge is 2.38. The highest BCUT2D eigenvalue weighted by Crippen LogP contribution is 2.38. The number of nitrogens with two attached hydrogens (primary N) is 1. The summed E-state index contributed by atoms with van der Waals surface area (Å²) in [7, 11) is 0. The molecule has 0 atom stereocenters. The predicted molar refractivity (Wildman–Crippen MR) is 58.9 cm³/mol. The molecule has 0 amide bonds. The Morgan fingerprint density at radius 3 is 2.31 bits per heavy atom. The Kier molecular flexibility index (Phi) is 2.09. The Morgan fingerprint density at radius 1 is 1.12 bits per heavy atom. The summed E-state index contributed by atoms with van der Waals surface area (Å²) >= 11 is 0. The minimum Gasteiger partial charge on any atom is -0.486 e. The van der Waals surface area contributed by atoms with Gasteiger partial charge in [-0.15, -0.1) is 0 Å². The van der Waals surface area contributed by atoms with Crippen LogP contribution in [0.2, 0.25) is 0 Å². The van der Waals surface area contributed by atoms with Crippen LogP contribution < -0.4 is 15.2 Å². The second-order valence-corrected chi connectivity index (χ2v) is 4.46.